The molecular formula is C20H19F4N7. The van der Waals surface area contributed by atoms with Gasteiger partial charge in [-0.1, -0.05) is 6.07 Å². The van der Waals surface area contributed by atoms with E-state index in [4.69, 9.17) is 0 Å². The van der Waals surface area contributed by atoms with Crippen LogP contribution in [0.1, 0.15) is 25.1 Å². The number of hydrogen-bond acceptors (Lipinski definition) is 7. The van der Waals surface area contributed by atoms with E-state index in [1.54, 1.807) is 12.1 Å². The number of rotatable bonds is 7. The molecule has 0 saturated heterocycles. The van der Waals surface area contributed by atoms with Crippen molar-refractivity contribution >= 4 is 29.4 Å². The van der Waals surface area contributed by atoms with Gasteiger partial charge in [-0.25, -0.2) is 14.8 Å². The van der Waals surface area contributed by atoms with Crippen molar-refractivity contribution in [2.75, 3.05) is 16.1 Å². The van der Waals surface area contributed by atoms with Gasteiger partial charge in [-0.2, -0.15) is 23.3 Å². The van der Waals surface area contributed by atoms with Gasteiger partial charge in [-0.3, -0.25) is 4.98 Å². The van der Waals surface area contributed by atoms with Crippen LogP contribution in [0.15, 0.2) is 53.9 Å². The van der Waals surface area contributed by atoms with Crippen molar-refractivity contribution in [1.29, 1.82) is 0 Å². The average Bonchev–Trinajstić information content (AvgIpc) is 2.71. The lowest BCUT2D eigenvalue weighted by Gasteiger charge is -2.10. The van der Waals surface area contributed by atoms with Gasteiger partial charge in [0.1, 0.15) is 0 Å². The fraction of sp³-hybridized carbons (Fsp3) is 0.200. The first-order valence-electron chi connectivity index (χ1n) is 9.19. The Morgan fingerprint density at radius 1 is 1.03 bits per heavy atom. The summed E-state index contributed by atoms with van der Waals surface area (Å²) in [4.78, 5) is 12.0. The number of anilines is 4. The Morgan fingerprint density at radius 3 is 2.52 bits per heavy atom. The molecule has 0 amide bonds. The van der Waals surface area contributed by atoms with E-state index in [1.807, 2.05) is 13.8 Å². The Bertz CT molecular complexity index is 1050. The van der Waals surface area contributed by atoms with Crippen LogP contribution in [-0.4, -0.2) is 27.2 Å². The van der Waals surface area contributed by atoms with Gasteiger partial charge in [0.2, 0.25) is 5.95 Å². The number of nitrogens with one attached hydrogen (secondary N) is 3. The van der Waals surface area contributed by atoms with Crippen molar-refractivity contribution in [3.63, 3.8) is 0 Å². The van der Waals surface area contributed by atoms with Crippen LogP contribution in [0.2, 0.25) is 0 Å². The molecule has 2 heterocycles. The Morgan fingerprint density at radius 2 is 1.84 bits per heavy atom. The average molecular weight is 433 g/mol. The molecule has 0 radical (unpaired) electrons. The molecule has 0 fully saturated rings. The van der Waals surface area contributed by atoms with Crippen LogP contribution in [0.25, 0.3) is 0 Å². The smallest absolute Gasteiger partial charge is 0.365 e. The summed E-state index contributed by atoms with van der Waals surface area (Å²) in [6, 6.07) is 8.14. The molecule has 3 N–H and O–H groups in total. The minimum Gasteiger partial charge on any atom is -0.365 e. The number of benzene rings is 1. The first kappa shape index (κ1) is 21.9. The highest BCUT2D eigenvalue weighted by molar-refractivity contribution is 5.78. The summed E-state index contributed by atoms with van der Waals surface area (Å²) >= 11 is 0. The number of pyridine rings is 1. The van der Waals surface area contributed by atoms with Gasteiger partial charge in [-0.15, -0.1) is 0 Å². The zero-order chi connectivity index (χ0) is 22.4. The molecule has 0 aliphatic heterocycles. The zero-order valence-corrected chi connectivity index (χ0v) is 16.6. The molecule has 0 atom stereocenters. The molecular weight excluding hydrogens is 414 g/mol. The van der Waals surface area contributed by atoms with Crippen molar-refractivity contribution in [2.24, 2.45) is 5.10 Å². The summed E-state index contributed by atoms with van der Waals surface area (Å²) in [7, 11) is 0. The second-order valence-electron chi connectivity index (χ2n) is 6.73. The predicted octanol–water partition coefficient (Wildman–Crippen LogP) is 5.04. The second-order valence-corrected chi connectivity index (χ2v) is 6.73. The van der Waals surface area contributed by atoms with E-state index in [-0.39, 0.29) is 17.8 Å². The zero-order valence-electron chi connectivity index (χ0n) is 16.6. The van der Waals surface area contributed by atoms with E-state index in [0.717, 1.165) is 18.3 Å². The van der Waals surface area contributed by atoms with Crippen molar-refractivity contribution in [2.45, 2.75) is 26.1 Å². The molecule has 11 heteroatoms. The number of hydrogen-bond donors (Lipinski definition) is 3. The normalized spacial score (nSPS) is 11.7. The van der Waals surface area contributed by atoms with Crippen molar-refractivity contribution in [3.8, 4) is 0 Å². The first-order valence-corrected chi connectivity index (χ1v) is 9.19. The highest BCUT2D eigenvalue weighted by atomic mass is 19.4. The minimum atomic E-state index is -4.41. The number of hydrazone groups is 1. The lowest BCUT2D eigenvalue weighted by atomic mass is 10.2. The molecule has 0 spiro atoms. The summed E-state index contributed by atoms with van der Waals surface area (Å²) in [6.07, 6.45) is -0.526. The van der Waals surface area contributed by atoms with Gasteiger partial charge in [0.25, 0.3) is 0 Å². The van der Waals surface area contributed by atoms with E-state index >= 15 is 0 Å². The van der Waals surface area contributed by atoms with Crippen LogP contribution in [0.5, 0.6) is 0 Å². The molecule has 0 bridgehead atoms. The molecule has 0 aliphatic rings. The number of nitrogens with zero attached hydrogens (tertiary/aromatic N) is 4. The maximum Gasteiger partial charge on any atom is 0.416 e. The van der Waals surface area contributed by atoms with Gasteiger partial charge in [0, 0.05) is 11.7 Å². The number of alkyl halides is 3. The van der Waals surface area contributed by atoms with Crippen LogP contribution in [0.3, 0.4) is 0 Å². The third-order valence-electron chi connectivity index (χ3n) is 3.80. The van der Waals surface area contributed by atoms with E-state index in [9.17, 15) is 17.6 Å². The number of halogens is 4. The summed E-state index contributed by atoms with van der Waals surface area (Å²) in [5, 5.41) is 9.68. The van der Waals surface area contributed by atoms with Crippen LogP contribution < -0.4 is 16.1 Å². The molecule has 162 valence electrons. The second kappa shape index (κ2) is 9.37. The van der Waals surface area contributed by atoms with E-state index in [0.29, 0.717) is 17.1 Å². The third-order valence-corrected chi connectivity index (χ3v) is 3.80. The molecule has 1 aromatic carbocycles. The van der Waals surface area contributed by atoms with Crippen LogP contribution in [0, 0.1) is 5.82 Å². The lowest BCUT2D eigenvalue weighted by Crippen LogP contribution is -2.13. The predicted molar refractivity (Wildman–Crippen MR) is 111 cm³/mol. The Labute approximate surface area is 175 Å². The van der Waals surface area contributed by atoms with Crippen LogP contribution in [0.4, 0.5) is 40.7 Å². The summed E-state index contributed by atoms with van der Waals surface area (Å²) in [5.74, 6) is -0.414. The molecule has 3 aromatic rings. The Balaban J connectivity index is 1.62. The van der Waals surface area contributed by atoms with Crippen LogP contribution in [-0.2, 0) is 6.18 Å². The lowest BCUT2D eigenvalue weighted by molar-refractivity contribution is -0.137. The summed E-state index contributed by atoms with van der Waals surface area (Å²) in [5.41, 5.74) is 3.12. The van der Waals surface area contributed by atoms with Gasteiger partial charge >= 0.3 is 6.18 Å². The number of aromatic nitrogens is 3. The molecule has 2 aromatic heterocycles. The van der Waals surface area contributed by atoms with Gasteiger partial charge < -0.3 is 10.6 Å². The highest BCUT2D eigenvalue weighted by Gasteiger charge is 2.30. The molecule has 0 saturated carbocycles. The molecule has 31 heavy (non-hydrogen) atoms. The maximum absolute atomic E-state index is 13.7. The van der Waals surface area contributed by atoms with E-state index in [2.05, 4.69) is 36.1 Å². The fourth-order valence-electron chi connectivity index (χ4n) is 2.45. The highest BCUT2D eigenvalue weighted by Crippen LogP contribution is 2.31. The monoisotopic (exact) mass is 433 g/mol. The SMILES string of the molecule is CC(C)Nc1nc(N/N=C/c2ccc(Nc3cccc(C(F)(F)F)c3)cn2)ncc1F. The largest absolute Gasteiger partial charge is 0.416 e. The van der Waals surface area contributed by atoms with Crippen molar-refractivity contribution in [3.05, 3.63) is 65.9 Å². The van der Waals surface area contributed by atoms with Crippen LogP contribution >= 0.6 is 0 Å². The summed E-state index contributed by atoms with van der Waals surface area (Å²) in [6.45, 7) is 3.70. The molecule has 3 rings (SSSR count). The quantitative estimate of drug-likeness (QED) is 0.275. The maximum atomic E-state index is 13.7. The molecule has 0 unspecified atom stereocenters. The Hall–Kier alpha value is -3.76. The first-order chi connectivity index (χ1) is 14.7. The van der Waals surface area contributed by atoms with E-state index < -0.39 is 17.6 Å². The van der Waals surface area contributed by atoms with Crippen molar-refractivity contribution in [1.82, 2.24) is 15.0 Å². The van der Waals surface area contributed by atoms with Crippen molar-refractivity contribution < 1.29 is 17.6 Å². The fourth-order valence-corrected chi connectivity index (χ4v) is 2.45. The minimum absolute atomic E-state index is 0.00647. The van der Waals surface area contributed by atoms with E-state index in [1.165, 1.54) is 24.5 Å². The standard InChI is InChI=1S/C20H19F4N7/c1-12(2)28-18-17(21)11-26-19(30-18)31-27-10-15-6-7-16(9-25-15)29-14-5-3-4-13(8-14)20(22,23)24/h3-12,29H,1-2H3,(H2,26,28,30,31)/b27-10+. The van der Waals surface area contributed by atoms with Gasteiger partial charge in [0.15, 0.2) is 11.6 Å². The Kier molecular flexibility index (Phi) is 6.63. The molecule has 0 aliphatic carbocycles. The topological polar surface area (TPSA) is 87.1 Å². The summed E-state index contributed by atoms with van der Waals surface area (Å²) < 4.78 is 52.1. The third kappa shape index (κ3) is 6.36. The molecule has 7 nitrogen and oxygen atoms in total. The van der Waals surface area contributed by atoms with Gasteiger partial charge in [0.05, 0.1) is 35.6 Å². The van der Waals surface area contributed by atoms with Gasteiger partial charge in [-0.05, 0) is 44.2 Å².